The molecule has 0 unspecified atom stereocenters. The molecule has 17 aromatic rings. The van der Waals surface area contributed by atoms with Crippen molar-refractivity contribution in [3.05, 3.63) is 226 Å². The summed E-state index contributed by atoms with van der Waals surface area (Å²) in [6.07, 6.45) is 13.0. The van der Waals surface area contributed by atoms with Crippen molar-refractivity contribution in [1.82, 2.24) is 143 Å². The average molecular weight is 1790 g/mol. The van der Waals surface area contributed by atoms with E-state index in [0.717, 1.165) is 38.5 Å². The second kappa shape index (κ2) is 35.3. The molecule has 0 aliphatic heterocycles. The summed E-state index contributed by atoms with van der Waals surface area (Å²) in [4.78, 5) is 117. The number of hydrogen-bond donors (Lipinski definition) is 8. The number of aryl methyl sites for hydroxylation is 4. The van der Waals surface area contributed by atoms with Gasteiger partial charge in [0.1, 0.15) is 135 Å². The molecule has 12 N–H and O–H groups in total. The lowest BCUT2D eigenvalue weighted by atomic mass is 10.1. The van der Waals surface area contributed by atoms with Crippen LogP contribution < -0.4 is 66.4 Å². The van der Waals surface area contributed by atoms with Crippen molar-refractivity contribution in [2.45, 2.75) is 122 Å². The van der Waals surface area contributed by atoms with Gasteiger partial charge in [-0.05, 0) is 144 Å². The van der Waals surface area contributed by atoms with Gasteiger partial charge in [0.15, 0.2) is 11.6 Å². The molecule has 3 saturated carbocycles. The Kier molecular flexibility index (Phi) is 23.4. The average Bonchev–Trinajstić information content (AvgIpc) is 1.50. The molecule has 5 aromatic carbocycles. The maximum atomic E-state index is 14.7. The lowest BCUT2D eigenvalue weighted by molar-refractivity contribution is 0.425. The fourth-order valence-corrected chi connectivity index (χ4v) is 15.5. The van der Waals surface area contributed by atoms with Crippen LogP contribution in [0.1, 0.15) is 144 Å². The number of nitrogens with one attached hydrogen (secondary N) is 4. The maximum Gasteiger partial charge on any atom is 0.269 e. The van der Waals surface area contributed by atoms with Gasteiger partial charge in [-0.1, -0.05) is 89.3 Å². The van der Waals surface area contributed by atoms with E-state index in [1.165, 1.54) is 51.6 Å². The molecule has 0 spiro atoms. The number of fused-ring (bicyclic) bond motifs is 4. The molecular weight excluding hydrogens is 1710 g/mol. The van der Waals surface area contributed by atoms with Crippen LogP contribution in [0, 0.1) is 12.7 Å². The van der Waals surface area contributed by atoms with E-state index in [0.29, 0.717) is 146 Å². The highest BCUT2D eigenvalue weighted by atomic mass is 35.5. The molecule has 12 heterocycles. The van der Waals surface area contributed by atoms with E-state index >= 15 is 0 Å². The van der Waals surface area contributed by atoms with Crippen molar-refractivity contribution < 1.29 is 8.91 Å². The Morgan fingerprint density at radius 1 is 0.445 bits per heavy atom. The van der Waals surface area contributed by atoms with Crippen LogP contribution in [-0.2, 0) is 21.1 Å². The first-order valence-corrected chi connectivity index (χ1v) is 41.4. The van der Waals surface area contributed by atoms with Gasteiger partial charge in [0.25, 0.3) is 28.1 Å². The van der Waals surface area contributed by atoms with Crippen LogP contribution in [0.4, 0.5) is 50.9 Å². The number of anilines is 8. The van der Waals surface area contributed by atoms with Crippen LogP contribution in [0.15, 0.2) is 158 Å². The molecule has 128 heavy (non-hydrogen) atoms. The third kappa shape index (κ3) is 17.0. The molecule has 42 nitrogen and oxygen atoms in total. The van der Waals surface area contributed by atoms with Crippen LogP contribution in [0.25, 0.3) is 94.9 Å². The molecule has 46 heteroatoms. The summed E-state index contributed by atoms with van der Waals surface area (Å²) in [7, 11) is 5.06. The number of benzene rings is 5. The van der Waals surface area contributed by atoms with Crippen LogP contribution in [0.5, 0.6) is 0 Å². The second-order valence-corrected chi connectivity index (χ2v) is 31.6. The fraction of sp³-hybridized carbons (Fsp3) is 0.268. The third-order valence-electron chi connectivity index (χ3n) is 21.1. The molecule has 4 atom stereocenters. The van der Waals surface area contributed by atoms with Gasteiger partial charge in [-0.25, -0.2) is 69.2 Å². The minimum atomic E-state index is -0.628. The lowest BCUT2D eigenvalue weighted by Crippen LogP contribution is -2.29. The Hall–Kier alpha value is -15.4. The van der Waals surface area contributed by atoms with Gasteiger partial charge in [-0.3, -0.25) is 42.1 Å². The Bertz CT molecular complexity index is 6900. The van der Waals surface area contributed by atoms with Crippen molar-refractivity contribution in [3.63, 3.8) is 0 Å². The number of aromatic nitrogens is 29. The predicted molar refractivity (Wildman–Crippen MR) is 477 cm³/mol. The van der Waals surface area contributed by atoms with E-state index in [4.69, 9.17) is 82.2 Å². The number of nitrogens with zero attached hydrogens (tertiary/aromatic N) is 29. The van der Waals surface area contributed by atoms with E-state index in [-0.39, 0.29) is 98.8 Å². The summed E-state index contributed by atoms with van der Waals surface area (Å²) in [5.41, 5.74) is 27.7. The quantitative estimate of drug-likeness (QED) is 0.0331. The summed E-state index contributed by atoms with van der Waals surface area (Å²) in [6.45, 7) is 9.37. The number of rotatable bonds is 21. The number of tetrazole rings is 2. The Balaban J connectivity index is 0.000000120. The Labute approximate surface area is 737 Å². The van der Waals surface area contributed by atoms with Crippen molar-refractivity contribution in [1.29, 1.82) is 0 Å². The molecule has 3 fully saturated rings. The van der Waals surface area contributed by atoms with E-state index in [9.17, 15) is 23.6 Å². The van der Waals surface area contributed by atoms with Gasteiger partial charge in [-0.2, -0.15) is 19.7 Å². The molecule has 0 bridgehead atoms. The number of halogens is 4. The molecule has 3 aliphatic rings. The van der Waals surface area contributed by atoms with E-state index < -0.39 is 17.4 Å². The first-order valence-electron chi connectivity index (χ1n) is 40.3. The first-order chi connectivity index (χ1) is 61.8. The third-order valence-corrected chi connectivity index (χ3v) is 22.1. The lowest BCUT2D eigenvalue weighted by Gasteiger charge is -2.23. The van der Waals surface area contributed by atoms with Gasteiger partial charge < -0.3 is 48.7 Å². The molecule has 0 amide bonds. The second-order valence-electron chi connectivity index (χ2n) is 30.3. The molecule has 12 aromatic heterocycles. The number of nitrogens with two attached hydrogens (primary N) is 4. The monoisotopic (exact) mass is 1790 g/mol. The highest BCUT2D eigenvalue weighted by Gasteiger charge is 2.36. The molecular formula is C82H79Cl3FN37O5. The van der Waals surface area contributed by atoms with E-state index in [2.05, 4.69) is 112 Å². The smallest absolute Gasteiger partial charge is 0.269 e. The van der Waals surface area contributed by atoms with E-state index in [1.54, 1.807) is 138 Å². The zero-order chi connectivity index (χ0) is 89.6. The van der Waals surface area contributed by atoms with Crippen molar-refractivity contribution in [2.24, 2.45) is 21.1 Å². The Morgan fingerprint density at radius 3 is 1.20 bits per heavy atom. The molecule has 20 rings (SSSR count). The number of nitrogen functional groups attached to an aromatic ring is 4. The highest BCUT2D eigenvalue weighted by molar-refractivity contribution is 6.36. The standard InChI is InChI=1S/C23H21FN10O.C20H20ClN9O.C20H19ClN8O2.C19H19ClN10O/c1-3-15(28-20-18(19(25)26-12-27-20)21-30-32-33(2)31-21)22-29-16-11-7-10-14(24)17(16)23(35)34(22)13-8-5-4-6-9-13;1-10(26-17-15(16(22)23-8-24-17)18-25-9-29(2)28-18)19-27-13-5-3-4-12(21)14(13)20(31)30(19)11-6-7-11;1-9(25-17-15(16(22)23-8-24-17)19-26-10(2)28-31-19)18-27-13-5-3-4-12(21)14(13)20(30)29(18)11-6-7-11;1-9(24-16-14(15(21)22-8-23-16)17-26-28-29(2)27-17)18-25-12-5-3-4-11(20)13(12)19(31)30(18)10-6-7-10/h4-12,15H,3H2,1-2H3,(H3,25,26,27,28);3-5,8-11H,6-7H2,1-2H3,(H3,22,23,24,26);3-5,8-9,11H,6-7H2,1-2H3,(H3,22,23,24,25);3-5,8-10H,6-7H2,1-2H3,(H3,21,22,23,24)/t15-;10-;2*9-/m0000/s1. The van der Waals surface area contributed by atoms with Crippen molar-refractivity contribution in [2.75, 3.05) is 44.2 Å². The van der Waals surface area contributed by atoms with E-state index in [1.807, 2.05) is 33.8 Å². The van der Waals surface area contributed by atoms with Crippen LogP contribution in [-0.4, -0.2) is 143 Å². The number of hydrogen-bond acceptors (Lipinski definition) is 35. The minimum Gasteiger partial charge on any atom is -0.383 e. The summed E-state index contributed by atoms with van der Waals surface area (Å²) in [5, 5.41) is 48.0. The summed E-state index contributed by atoms with van der Waals surface area (Å²) in [5.74, 6) is 5.68. The largest absolute Gasteiger partial charge is 0.383 e. The number of para-hydroxylation sites is 1. The molecule has 0 radical (unpaired) electrons. The molecule has 0 saturated heterocycles. The molecule has 3 aliphatic carbocycles. The van der Waals surface area contributed by atoms with Crippen molar-refractivity contribution in [3.8, 4) is 51.3 Å². The zero-order valence-electron chi connectivity index (χ0n) is 69.5. The van der Waals surface area contributed by atoms with Gasteiger partial charge >= 0.3 is 0 Å². The predicted octanol–water partition coefficient (Wildman–Crippen LogP) is 10.8. The summed E-state index contributed by atoms with van der Waals surface area (Å²) in [6, 6.07) is 27.9. The van der Waals surface area contributed by atoms with Gasteiger partial charge in [0, 0.05) is 25.2 Å². The van der Waals surface area contributed by atoms with Crippen LogP contribution in [0.3, 0.4) is 0 Å². The maximum absolute atomic E-state index is 14.7. The van der Waals surface area contributed by atoms with Gasteiger partial charge in [-0.15, -0.1) is 20.4 Å². The Morgan fingerprint density at radius 2 is 0.828 bits per heavy atom. The normalized spacial score (nSPS) is 14.0. The van der Waals surface area contributed by atoms with Gasteiger partial charge in [0.2, 0.25) is 11.6 Å². The highest BCUT2D eigenvalue weighted by Crippen LogP contribution is 2.43. The topological polar surface area (TPSA) is 552 Å². The fourth-order valence-electron chi connectivity index (χ4n) is 14.7. The SMILES string of the molecule is CC[C@H](Nc1ncnc(N)c1-c1nnn(C)n1)c1nc2cccc(F)c2c(=O)n1-c1ccccc1.C[C@H](Nc1ncnc(N)c1-c1ncn(C)n1)c1nc2cccc(Cl)c2c(=O)n1C1CC1.C[C@H](Nc1ncnc(N)c1-c1nnn(C)n1)c1nc2cccc(Cl)c2c(=O)n1C1CC1.Cc1noc(-c2c(N)ncnc2N[C@@H](C)c2nc3cccc(Cl)c3c(=O)n2C2CC2)n1. The van der Waals surface area contributed by atoms with Crippen molar-refractivity contribution >= 4 is 125 Å². The molecule has 650 valence electrons. The first kappa shape index (κ1) is 84.8. The summed E-state index contributed by atoms with van der Waals surface area (Å²) < 4.78 is 28.1. The van der Waals surface area contributed by atoms with Crippen LogP contribution in [0.2, 0.25) is 15.1 Å². The summed E-state index contributed by atoms with van der Waals surface area (Å²) >= 11 is 18.9. The van der Waals surface area contributed by atoms with Crippen LogP contribution >= 0.6 is 34.8 Å². The zero-order valence-corrected chi connectivity index (χ0v) is 71.8. The van der Waals surface area contributed by atoms with Gasteiger partial charge in [0.05, 0.1) is 97.2 Å². The minimum absolute atomic E-state index is 0.0781.